The minimum Gasteiger partial charge on any atom is -0.351 e. The number of nitrogens with one attached hydrogen (secondary N) is 2. The summed E-state index contributed by atoms with van der Waals surface area (Å²) in [6, 6.07) is 7.19. The van der Waals surface area contributed by atoms with Crippen molar-refractivity contribution >= 4 is 23.7 Å². The molecule has 21 heavy (non-hydrogen) atoms. The highest BCUT2D eigenvalue weighted by Gasteiger charge is 2.15. The number of hydrogen-bond acceptors (Lipinski definition) is 4. The average molecular weight is 309 g/mol. The molecule has 0 bridgehead atoms. The van der Waals surface area contributed by atoms with Crippen LogP contribution in [0, 0.1) is 5.92 Å². The molecule has 6 heteroatoms. The van der Waals surface area contributed by atoms with Crippen molar-refractivity contribution in [1.82, 2.24) is 10.6 Å². The van der Waals surface area contributed by atoms with E-state index in [0.29, 0.717) is 5.92 Å². The maximum Gasteiger partial charge on any atom is 0.318 e. The van der Waals surface area contributed by atoms with Crippen LogP contribution >= 0.6 is 11.8 Å². The van der Waals surface area contributed by atoms with E-state index in [1.165, 1.54) is 17.3 Å². The number of imide groups is 1. The lowest BCUT2D eigenvalue weighted by molar-refractivity contribution is -0.119. The monoisotopic (exact) mass is 309 g/mol. The fourth-order valence-corrected chi connectivity index (χ4v) is 2.67. The number of primary amides is 1. The molecule has 116 valence electrons. The van der Waals surface area contributed by atoms with Crippen LogP contribution in [0.4, 0.5) is 4.79 Å². The van der Waals surface area contributed by atoms with Crippen molar-refractivity contribution in [3.05, 3.63) is 29.8 Å². The largest absolute Gasteiger partial charge is 0.351 e. The Balaban J connectivity index is 2.55. The van der Waals surface area contributed by atoms with E-state index in [4.69, 9.17) is 5.73 Å². The summed E-state index contributed by atoms with van der Waals surface area (Å²) in [6.45, 7) is 7.84. The number of amides is 3. The van der Waals surface area contributed by atoms with E-state index in [1.54, 1.807) is 6.92 Å². The summed E-state index contributed by atoms with van der Waals surface area (Å²) in [6.07, 6.45) is 0. The van der Waals surface area contributed by atoms with Gasteiger partial charge in [-0.1, -0.05) is 26.0 Å². The van der Waals surface area contributed by atoms with Gasteiger partial charge in [0.1, 0.15) is 0 Å². The summed E-state index contributed by atoms with van der Waals surface area (Å²) < 4.78 is 0. The van der Waals surface area contributed by atoms with E-state index >= 15 is 0 Å². The van der Waals surface area contributed by atoms with Gasteiger partial charge in [0, 0.05) is 11.4 Å². The molecule has 5 nitrogen and oxygen atoms in total. The van der Waals surface area contributed by atoms with Gasteiger partial charge in [0.05, 0.1) is 5.25 Å². The van der Waals surface area contributed by atoms with Crippen LogP contribution in [0.1, 0.15) is 26.3 Å². The van der Waals surface area contributed by atoms with Crippen molar-refractivity contribution in [3.63, 3.8) is 0 Å². The SMILES string of the molecule is CC(C)CNCc1cccc(SC(C)C(=O)NC(N)=O)c1. The van der Waals surface area contributed by atoms with Gasteiger partial charge in [0.2, 0.25) is 5.91 Å². The van der Waals surface area contributed by atoms with E-state index < -0.39 is 6.03 Å². The van der Waals surface area contributed by atoms with Gasteiger partial charge in [-0.2, -0.15) is 0 Å². The molecule has 1 rings (SSSR count). The summed E-state index contributed by atoms with van der Waals surface area (Å²) in [5, 5.41) is 5.09. The fourth-order valence-electron chi connectivity index (χ4n) is 1.71. The Hall–Kier alpha value is -1.53. The highest BCUT2D eigenvalue weighted by Crippen LogP contribution is 2.24. The van der Waals surface area contributed by atoms with Crippen LogP contribution in [0.15, 0.2) is 29.2 Å². The molecule has 0 radical (unpaired) electrons. The third kappa shape index (κ3) is 7.15. The molecule has 1 unspecified atom stereocenters. The van der Waals surface area contributed by atoms with Gasteiger partial charge >= 0.3 is 6.03 Å². The minimum absolute atomic E-state index is 0.378. The van der Waals surface area contributed by atoms with Crippen LogP contribution in [0.5, 0.6) is 0 Å². The Morgan fingerprint density at radius 1 is 1.29 bits per heavy atom. The molecule has 3 amide bonds. The number of benzene rings is 1. The smallest absolute Gasteiger partial charge is 0.318 e. The Morgan fingerprint density at radius 3 is 2.62 bits per heavy atom. The van der Waals surface area contributed by atoms with Gasteiger partial charge in [-0.25, -0.2) is 4.79 Å². The van der Waals surface area contributed by atoms with Crippen molar-refractivity contribution in [2.75, 3.05) is 6.54 Å². The molecule has 0 fully saturated rings. The summed E-state index contributed by atoms with van der Waals surface area (Å²) in [7, 11) is 0. The van der Waals surface area contributed by atoms with E-state index in [1.807, 2.05) is 24.3 Å². The molecule has 1 aromatic rings. The van der Waals surface area contributed by atoms with Crippen molar-refractivity contribution in [3.8, 4) is 0 Å². The zero-order valence-corrected chi connectivity index (χ0v) is 13.5. The molecule has 0 saturated heterocycles. The van der Waals surface area contributed by atoms with Crippen LogP contribution in [-0.4, -0.2) is 23.7 Å². The molecular formula is C15H23N3O2S. The number of thioether (sulfide) groups is 1. The average Bonchev–Trinajstić information content (AvgIpc) is 2.37. The first-order valence-corrected chi connectivity index (χ1v) is 7.83. The molecule has 0 spiro atoms. The molecule has 0 aliphatic rings. The third-order valence-corrected chi connectivity index (χ3v) is 3.80. The molecule has 0 aliphatic heterocycles. The molecular weight excluding hydrogens is 286 g/mol. The predicted molar refractivity (Wildman–Crippen MR) is 86.0 cm³/mol. The van der Waals surface area contributed by atoms with Crippen LogP contribution in [-0.2, 0) is 11.3 Å². The van der Waals surface area contributed by atoms with Crippen LogP contribution in [0.25, 0.3) is 0 Å². The van der Waals surface area contributed by atoms with E-state index in [9.17, 15) is 9.59 Å². The lowest BCUT2D eigenvalue weighted by Gasteiger charge is -2.12. The van der Waals surface area contributed by atoms with Gasteiger partial charge in [-0.15, -0.1) is 11.8 Å². The van der Waals surface area contributed by atoms with Crippen LogP contribution in [0.3, 0.4) is 0 Å². The minimum atomic E-state index is -0.820. The first-order valence-electron chi connectivity index (χ1n) is 6.95. The van der Waals surface area contributed by atoms with Crippen LogP contribution in [0.2, 0.25) is 0 Å². The van der Waals surface area contributed by atoms with Crippen molar-refractivity contribution in [1.29, 1.82) is 0 Å². The van der Waals surface area contributed by atoms with Crippen molar-refractivity contribution in [2.24, 2.45) is 11.7 Å². The fraction of sp³-hybridized carbons (Fsp3) is 0.467. The number of carbonyl (C=O) groups excluding carboxylic acids is 2. The Labute approximate surface area is 130 Å². The Morgan fingerprint density at radius 2 is 2.00 bits per heavy atom. The standard InChI is InChI=1S/C15H23N3O2S/c1-10(2)8-17-9-12-5-4-6-13(7-12)21-11(3)14(19)18-15(16)20/h4-7,10-11,17H,8-9H2,1-3H3,(H3,16,18,19,20). The highest BCUT2D eigenvalue weighted by molar-refractivity contribution is 8.00. The maximum atomic E-state index is 11.6. The summed E-state index contributed by atoms with van der Waals surface area (Å²) in [4.78, 5) is 23.3. The highest BCUT2D eigenvalue weighted by atomic mass is 32.2. The molecule has 4 N–H and O–H groups in total. The topological polar surface area (TPSA) is 84.2 Å². The molecule has 0 heterocycles. The first-order chi connectivity index (χ1) is 9.88. The maximum absolute atomic E-state index is 11.6. The third-order valence-electron chi connectivity index (χ3n) is 2.71. The molecule has 1 atom stereocenters. The van der Waals surface area contributed by atoms with Gasteiger partial charge < -0.3 is 11.1 Å². The normalized spacial score (nSPS) is 12.2. The number of carbonyl (C=O) groups is 2. The molecule has 0 saturated carbocycles. The zero-order chi connectivity index (χ0) is 15.8. The van der Waals surface area contributed by atoms with Gasteiger partial charge in [-0.05, 0) is 37.1 Å². The summed E-state index contributed by atoms with van der Waals surface area (Å²) >= 11 is 1.40. The second kappa shape index (κ2) is 8.69. The summed E-state index contributed by atoms with van der Waals surface area (Å²) in [5.74, 6) is 0.232. The number of nitrogens with two attached hydrogens (primary N) is 1. The Kier molecular flexibility index (Phi) is 7.25. The first kappa shape index (κ1) is 17.5. The second-order valence-corrected chi connectivity index (χ2v) is 6.70. The lowest BCUT2D eigenvalue weighted by Crippen LogP contribution is -2.39. The van der Waals surface area contributed by atoms with E-state index in [2.05, 4.69) is 24.5 Å². The van der Waals surface area contributed by atoms with Gasteiger partial charge in [0.15, 0.2) is 0 Å². The molecule has 0 aliphatic carbocycles. The van der Waals surface area contributed by atoms with E-state index in [-0.39, 0.29) is 11.2 Å². The zero-order valence-electron chi connectivity index (χ0n) is 12.7. The molecule has 1 aromatic carbocycles. The molecule has 0 aromatic heterocycles. The number of urea groups is 1. The van der Waals surface area contributed by atoms with Crippen molar-refractivity contribution < 1.29 is 9.59 Å². The van der Waals surface area contributed by atoms with Gasteiger partial charge in [0.25, 0.3) is 0 Å². The summed E-state index contributed by atoms with van der Waals surface area (Å²) in [5.41, 5.74) is 6.11. The van der Waals surface area contributed by atoms with E-state index in [0.717, 1.165) is 18.0 Å². The quantitative estimate of drug-likeness (QED) is 0.674. The number of hydrogen-bond donors (Lipinski definition) is 3. The van der Waals surface area contributed by atoms with Crippen LogP contribution < -0.4 is 16.4 Å². The second-order valence-electron chi connectivity index (χ2n) is 5.29. The van der Waals surface area contributed by atoms with Gasteiger partial charge in [-0.3, -0.25) is 10.1 Å². The lowest BCUT2D eigenvalue weighted by atomic mass is 10.2. The Bertz CT molecular complexity index is 492. The predicted octanol–water partition coefficient (Wildman–Crippen LogP) is 2.11. The van der Waals surface area contributed by atoms with Crippen molar-refractivity contribution in [2.45, 2.75) is 37.5 Å². The number of rotatable bonds is 7.